The van der Waals surface area contributed by atoms with Gasteiger partial charge in [-0.1, -0.05) is 6.08 Å². The van der Waals surface area contributed by atoms with Crippen LogP contribution in [0.15, 0.2) is 23.1 Å². The first kappa shape index (κ1) is 16.2. The maximum atomic E-state index is 13.4. The molecule has 2 unspecified atom stereocenters. The average molecular weight is 311 g/mol. The maximum Gasteiger partial charge on any atom is 0.352 e. The summed E-state index contributed by atoms with van der Waals surface area (Å²) in [6.07, 6.45) is 2.82. The first-order valence-electron chi connectivity index (χ1n) is 6.73. The summed E-state index contributed by atoms with van der Waals surface area (Å²) >= 11 is 0. The molecule has 2 heterocycles. The number of rotatable bonds is 3. The van der Waals surface area contributed by atoms with E-state index < -0.39 is 35.1 Å². The number of carbonyl (C=O) groups is 1. The van der Waals surface area contributed by atoms with Crippen LogP contribution >= 0.6 is 0 Å². The van der Waals surface area contributed by atoms with Crippen LogP contribution in [0.4, 0.5) is 10.2 Å². The van der Waals surface area contributed by atoms with E-state index in [-0.39, 0.29) is 12.6 Å². The molecular weight excluding hydrogens is 293 g/mol. The molecule has 7 nitrogen and oxygen atoms in total. The van der Waals surface area contributed by atoms with Crippen molar-refractivity contribution in [1.82, 2.24) is 9.55 Å². The molecular formula is C14H18FN3O4. The van der Waals surface area contributed by atoms with Crippen molar-refractivity contribution < 1.29 is 18.7 Å². The number of esters is 1. The molecule has 0 bridgehead atoms. The Morgan fingerprint density at radius 2 is 2.18 bits per heavy atom. The number of nitrogen functional groups attached to an aromatic ring is 1. The molecule has 22 heavy (non-hydrogen) atoms. The van der Waals surface area contributed by atoms with Crippen LogP contribution in [0.5, 0.6) is 0 Å². The standard InChI is InChI=1S/C14H18FN3O4/c1-14(2,3)12(19)21-7-8-4-5-10(22-8)18-6-9(15)11(16)17-13(18)20/h4-6,8,10H,7H2,1-3H3,(H2,16,17,20). The van der Waals surface area contributed by atoms with Gasteiger partial charge >= 0.3 is 11.7 Å². The van der Waals surface area contributed by atoms with Gasteiger partial charge in [0, 0.05) is 0 Å². The van der Waals surface area contributed by atoms with E-state index in [1.165, 1.54) is 0 Å². The van der Waals surface area contributed by atoms with Crippen LogP contribution in [0.25, 0.3) is 0 Å². The summed E-state index contributed by atoms with van der Waals surface area (Å²) in [5, 5.41) is 0. The van der Waals surface area contributed by atoms with Crippen LogP contribution in [0.2, 0.25) is 0 Å². The Bertz CT molecular complexity index is 663. The third-order valence-electron chi connectivity index (χ3n) is 3.00. The number of halogens is 1. The first-order valence-corrected chi connectivity index (χ1v) is 6.73. The first-order chi connectivity index (χ1) is 10.2. The van der Waals surface area contributed by atoms with Gasteiger partial charge in [0.25, 0.3) is 0 Å². The molecule has 8 heteroatoms. The normalized spacial score (nSPS) is 21.1. The van der Waals surface area contributed by atoms with Gasteiger partial charge in [-0.25, -0.2) is 9.18 Å². The SMILES string of the molecule is CC(C)(C)C(=O)OCC1C=CC(n2cc(F)c(N)nc2=O)O1. The molecule has 2 atom stereocenters. The molecule has 1 aliphatic heterocycles. The van der Waals surface area contributed by atoms with Gasteiger partial charge in [-0.15, -0.1) is 0 Å². The number of aromatic nitrogens is 2. The molecule has 0 aromatic carbocycles. The summed E-state index contributed by atoms with van der Waals surface area (Å²) < 4.78 is 25.0. The number of hydrogen-bond acceptors (Lipinski definition) is 6. The highest BCUT2D eigenvalue weighted by Gasteiger charge is 2.27. The predicted molar refractivity (Wildman–Crippen MR) is 76.3 cm³/mol. The van der Waals surface area contributed by atoms with Gasteiger partial charge in [0.2, 0.25) is 0 Å². The third-order valence-corrected chi connectivity index (χ3v) is 3.00. The molecule has 1 aromatic heterocycles. The zero-order chi connectivity index (χ0) is 16.5. The van der Waals surface area contributed by atoms with Crippen molar-refractivity contribution in [3.05, 3.63) is 34.7 Å². The van der Waals surface area contributed by atoms with Crippen molar-refractivity contribution in [2.24, 2.45) is 5.41 Å². The van der Waals surface area contributed by atoms with Gasteiger partial charge in [-0.3, -0.25) is 9.36 Å². The van der Waals surface area contributed by atoms with E-state index >= 15 is 0 Å². The second kappa shape index (κ2) is 5.88. The van der Waals surface area contributed by atoms with Crippen LogP contribution in [0, 0.1) is 11.2 Å². The fourth-order valence-corrected chi connectivity index (χ4v) is 1.76. The van der Waals surface area contributed by atoms with Gasteiger partial charge in [0.1, 0.15) is 12.7 Å². The highest BCUT2D eigenvalue weighted by atomic mass is 19.1. The minimum absolute atomic E-state index is 0.0166. The Morgan fingerprint density at radius 1 is 1.50 bits per heavy atom. The second-order valence-electron chi connectivity index (χ2n) is 5.96. The van der Waals surface area contributed by atoms with Crippen LogP contribution in [0.3, 0.4) is 0 Å². The summed E-state index contributed by atoms with van der Waals surface area (Å²) in [7, 11) is 0. The summed E-state index contributed by atoms with van der Waals surface area (Å²) in [6, 6.07) is 0. The zero-order valence-corrected chi connectivity index (χ0v) is 12.6. The third kappa shape index (κ3) is 3.51. The molecule has 0 radical (unpaired) electrons. The Balaban J connectivity index is 2.00. The predicted octanol–water partition coefficient (Wildman–Crippen LogP) is 1.01. The van der Waals surface area contributed by atoms with Crippen molar-refractivity contribution in [2.75, 3.05) is 12.3 Å². The Kier molecular flexibility index (Phi) is 4.32. The molecule has 2 rings (SSSR count). The molecule has 120 valence electrons. The molecule has 0 fully saturated rings. The average Bonchev–Trinajstić information content (AvgIpc) is 2.87. The van der Waals surface area contributed by atoms with E-state index in [1.807, 2.05) is 0 Å². The van der Waals surface area contributed by atoms with Gasteiger partial charge < -0.3 is 15.2 Å². The Hall–Kier alpha value is -2.22. The Labute approximate surface area is 126 Å². The van der Waals surface area contributed by atoms with E-state index in [0.717, 1.165) is 10.8 Å². The molecule has 0 spiro atoms. The van der Waals surface area contributed by atoms with Crippen molar-refractivity contribution in [2.45, 2.75) is 33.1 Å². The summed E-state index contributed by atoms with van der Waals surface area (Å²) in [6.45, 7) is 5.24. The lowest BCUT2D eigenvalue weighted by Crippen LogP contribution is -2.30. The second-order valence-corrected chi connectivity index (χ2v) is 5.96. The molecule has 0 saturated heterocycles. The molecule has 1 aromatic rings. The van der Waals surface area contributed by atoms with Gasteiger partial charge in [-0.2, -0.15) is 4.98 Å². The lowest BCUT2D eigenvalue weighted by atomic mass is 9.97. The van der Waals surface area contributed by atoms with E-state index in [0.29, 0.717) is 0 Å². The van der Waals surface area contributed by atoms with Gasteiger partial charge in [-0.05, 0) is 26.8 Å². The lowest BCUT2D eigenvalue weighted by molar-refractivity contribution is -0.156. The highest BCUT2D eigenvalue weighted by Crippen LogP contribution is 2.22. The fraction of sp³-hybridized carbons (Fsp3) is 0.500. The summed E-state index contributed by atoms with van der Waals surface area (Å²) in [5.41, 5.74) is 3.89. The number of carbonyl (C=O) groups excluding carboxylic acids is 1. The number of nitrogens with zero attached hydrogens (tertiary/aromatic N) is 2. The molecule has 2 N–H and O–H groups in total. The van der Waals surface area contributed by atoms with Crippen molar-refractivity contribution >= 4 is 11.8 Å². The van der Waals surface area contributed by atoms with Crippen molar-refractivity contribution in [3.63, 3.8) is 0 Å². The maximum absolute atomic E-state index is 13.4. The quantitative estimate of drug-likeness (QED) is 0.661. The minimum atomic E-state index is -0.812. The highest BCUT2D eigenvalue weighted by molar-refractivity contribution is 5.75. The minimum Gasteiger partial charge on any atom is -0.462 e. The molecule has 0 amide bonds. The monoisotopic (exact) mass is 311 g/mol. The van der Waals surface area contributed by atoms with E-state index in [9.17, 15) is 14.0 Å². The number of nitrogens with two attached hydrogens (primary N) is 1. The van der Waals surface area contributed by atoms with Crippen molar-refractivity contribution in [1.29, 1.82) is 0 Å². The van der Waals surface area contributed by atoms with E-state index in [1.54, 1.807) is 32.9 Å². The van der Waals surface area contributed by atoms with E-state index in [4.69, 9.17) is 15.2 Å². The van der Waals surface area contributed by atoms with Crippen LogP contribution in [-0.2, 0) is 14.3 Å². The zero-order valence-electron chi connectivity index (χ0n) is 12.6. The van der Waals surface area contributed by atoms with Crippen LogP contribution in [-0.4, -0.2) is 28.2 Å². The molecule has 1 aliphatic rings. The van der Waals surface area contributed by atoms with Gasteiger partial charge in [0.05, 0.1) is 11.6 Å². The molecule has 0 aliphatic carbocycles. The largest absolute Gasteiger partial charge is 0.462 e. The summed E-state index contributed by atoms with van der Waals surface area (Å²) in [5.74, 6) is -1.62. The molecule has 0 saturated carbocycles. The Morgan fingerprint density at radius 3 is 2.82 bits per heavy atom. The fourth-order valence-electron chi connectivity index (χ4n) is 1.76. The lowest BCUT2D eigenvalue weighted by Gasteiger charge is -2.19. The topological polar surface area (TPSA) is 96.4 Å². The number of ether oxygens (including phenoxy) is 2. The van der Waals surface area contributed by atoms with Gasteiger partial charge in [0.15, 0.2) is 17.9 Å². The number of anilines is 1. The van der Waals surface area contributed by atoms with Crippen LogP contribution < -0.4 is 11.4 Å². The number of hydrogen-bond donors (Lipinski definition) is 1. The van der Waals surface area contributed by atoms with E-state index in [2.05, 4.69) is 4.98 Å². The summed E-state index contributed by atoms with van der Waals surface area (Å²) in [4.78, 5) is 26.7. The smallest absolute Gasteiger partial charge is 0.352 e. The van der Waals surface area contributed by atoms with Crippen molar-refractivity contribution in [3.8, 4) is 0 Å². The van der Waals surface area contributed by atoms with Crippen LogP contribution in [0.1, 0.15) is 27.0 Å².